The lowest BCUT2D eigenvalue weighted by Gasteiger charge is -2.19. The summed E-state index contributed by atoms with van der Waals surface area (Å²) in [6.07, 6.45) is 0. The van der Waals surface area contributed by atoms with Crippen LogP contribution in [0.2, 0.25) is 0 Å². The van der Waals surface area contributed by atoms with E-state index in [-0.39, 0.29) is 23.8 Å². The zero-order valence-corrected chi connectivity index (χ0v) is 12.7. The monoisotopic (exact) mass is 291 g/mol. The average molecular weight is 291 g/mol. The van der Waals surface area contributed by atoms with Gasteiger partial charge >= 0.3 is 0 Å². The van der Waals surface area contributed by atoms with Gasteiger partial charge in [0.05, 0.1) is 6.54 Å². The van der Waals surface area contributed by atoms with Crippen molar-refractivity contribution in [2.75, 3.05) is 6.54 Å². The summed E-state index contributed by atoms with van der Waals surface area (Å²) in [6, 6.07) is 7.24. The van der Waals surface area contributed by atoms with Crippen molar-refractivity contribution in [3.8, 4) is 0 Å². The first-order valence-corrected chi connectivity index (χ1v) is 6.64. The SMILES string of the molecule is CC(=O)NNC(=O)CNC(=O)c1ccc(C(C)(C)C)cc1. The topological polar surface area (TPSA) is 87.3 Å². The number of carbonyl (C=O) groups is 3. The van der Waals surface area contributed by atoms with Gasteiger partial charge in [-0.25, -0.2) is 0 Å². The molecule has 0 heterocycles. The van der Waals surface area contributed by atoms with Crippen LogP contribution in [0, 0.1) is 0 Å². The quantitative estimate of drug-likeness (QED) is 0.722. The van der Waals surface area contributed by atoms with Gasteiger partial charge in [0.15, 0.2) is 0 Å². The minimum Gasteiger partial charge on any atom is -0.343 e. The van der Waals surface area contributed by atoms with Gasteiger partial charge in [0, 0.05) is 12.5 Å². The molecule has 0 saturated carbocycles. The Kier molecular flexibility index (Phi) is 5.46. The summed E-state index contributed by atoms with van der Waals surface area (Å²) in [5.74, 6) is -1.22. The molecule has 6 heteroatoms. The molecular weight excluding hydrogens is 270 g/mol. The van der Waals surface area contributed by atoms with Gasteiger partial charge in [-0.15, -0.1) is 0 Å². The van der Waals surface area contributed by atoms with E-state index in [1.807, 2.05) is 12.1 Å². The van der Waals surface area contributed by atoms with Gasteiger partial charge in [0.1, 0.15) is 0 Å². The Hall–Kier alpha value is -2.37. The lowest BCUT2D eigenvalue weighted by molar-refractivity contribution is -0.127. The van der Waals surface area contributed by atoms with Gasteiger partial charge in [-0.05, 0) is 23.1 Å². The van der Waals surface area contributed by atoms with Crippen molar-refractivity contribution in [1.82, 2.24) is 16.2 Å². The molecule has 0 aliphatic heterocycles. The van der Waals surface area contributed by atoms with Crippen LogP contribution >= 0.6 is 0 Å². The Balaban J connectivity index is 2.53. The molecule has 0 radical (unpaired) electrons. The first-order valence-electron chi connectivity index (χ1n) is 6.64. The van der Waals surface area contributed by atoms with Crippen LogP contribution in [0.3, 0.4) is 0 Å². The molecule has 0 spiro atoms. The minimum absolute atomic E-state index is 0.0211. The van der Waals surface area contributed by atoms with Gasteiger partial charge < -0.3 is 5.32 Å². The third kappa shape index (κ3) is 5.64. The zero-order valence-electron chi connectivity index (χ0n) is 12.7. The number of hydrogen-bond donors (Lipinski definition) is 3. The number of nitrogens with one attached hydrogen (secondary N) is 3. The molecule has 1 aromatic carbocycles. The van der Waals surface area contributed by atoms with Crippen LogP contribution in [0.15, 0.2) is 24.3 Å². The Morgan fingerprint density at radius 1 is 1.00 bits per heavy atom. The maximum Gasteiger partial charge on any atom is 0.257 e. The fourth-order valence-electron chi connectivity index (χ4n) is 1.59. The molecule has 3 amide bonds. The molecule has 1 aromatic rings. The van der Waals surface area contributed by atoms with Crippen LogP contribution in [0.4, 0.5) is 0 Å². The van der Waals surface area contributed by atoms with E-state index in [9.17, 15) is 14.4 Å². The summed E-state index contributed by atoms with van der Waals surface area (Å²) >= 11 is 0. The maximum absolute atomic E-state index is 11.9. The molecule has 0 bridgehead atoms. The maximum atomic E-state index is 11.9. The molecule has 0 atom stereocenters. The fraction of sp³-hybridized carbons (Fsp3) is 0.400. The first kappa shape index (κ1) is 16.7. The minimum atomic E-state index is -0.495. The molecular formula is C15H21N3O3. The largest absolute Gasteiger partial charge is 0.343 e. The highest BCUT2D eigenvalue weighted by Crippen LogP contribution is 2.22. The van der Waals surface area contributed by atoms with Crippen molar-refractivity contribution >= 4 is 17.7 Å². The van der Waals surface area contributed by atoms with E-state index in [0.717, 1.165) is 5.56 Å². The number of hydrogen-bond acceptors (Lipinski definition) is 3. The molecule has 0 unspecified atom stereocenters. The molecule has 0 saturated heterocycles. The molecule has 0 aliphatic rings. The number of rotatable bonds is 3. The molecule has 6 nitrogen and oxygen atoms in total. The number of benzene rings is 1. The summed E-state index contributed by atoms with van der Waals surface area (Å²) in [5, 5.41) is 2.48. The van der Waals surface area contributed by atoms with Gasteiger partial charge in [0.2, 0.25) is 5.91 Å². The Labute approximate surface area is 124 Å². The molecule has 3 N–H and O–H groups in total. The van der Waals surface area contributed by atoms with E-state index in [2.05, 4.69) is 36.9 Å². The van der Waals surface area contributed by atoms with Crippen LogP contribution in [0.25, 0.3) is 0 Å². The van der Waals surface area contributed by atoms with E-state index in [0.29, 0.717) is 5.56 Å². The first-order chi connectivity index (χ1) is 9.70. The molecule has 1 rings (SSSR count). The van der Waals surface area contributed by atoms with Crippen molar-refractivity contribution in [2.45, 2.75) is 33.1 Å². The smallest absolute Gasteiger partial charge is 0.257 e. The van der Waals surface area contributed by atoms with E-state index in [1.165, 1.54) is 6.92 Å². The van der Waals surface area contributed by atoms with Gasteiger partial charge in [-0.2, -0.15) is 0 Å². The Morgan fingerprint density at radius 3 is 2.05 bits per heavy atom. The second-order valence-electron chi connectivity index (χ2n) is 5.74. The lowest BCUT2D eigenvalue weighted by atomic mass is 9.87. The van der Waals surface area contributed by atoms with Crippen LogP contribution in [0.1, 0.15) is 43.6 Å². The van der Waals surface area contributed by atoms with Crippen LogP contribution in [-0.2, 0) is 15.0 Å². The lowest BCUT2D eigenvalue weighted by Crippen LogP contribution is -2.45. The summed E-state index contributed by atoms with van der Waals surface area (Å²) in [4.78, 5) is 33.8. The Bertz CT molecular complexity index is 530. The van der Waals surface area contributed by atoms with Crippen molar-refractivity contribution < 1.29 is 14.4 Å². The molecule has 114 valence electrons. The molecule has 0 fully saturated rings. The van der Waals surface area contributed by atoms with E-state index < -0.39 is 5.91 Å². The van der Waals surface area contributed by atoms with Gasteiger partial charge in [0.25, 0.3) is 11.8 Å². The highest BCUT2D eigenvalue weighted by molar-refractivity contribution is 5.96. The number of carbonyl (C=O) groups excluding carboxylic acids is 3. The standard InChI is InChI=1S/C15H21N3O3/c1-10(19)17-18-13(20)9-16-14(21)11-5-7-12(8-6-11)15(2,3)4/h5-8H,9H2,1-4H3,(H,16,21)(H,17,19)(H,18,20). The second kappa shape index (κ2) is 6.88. The molecule has 0 aromatic heterocycles. The highest BCUT2D eigenvalue weighted by atomic mass is 16.2. The fourth-order valence-corrected chi connectivity index (χ4v) is 1.59. The normalized spacial score (nSPS) is 10.7. The van der Waals surface area contributed by atoms with Crippen LogP contribution < -0.4 is 16.2 Å². The predicted octanol–water partition coefficient (Wildman–Crippen LogP) is 0.881. The summed E-state index contributed by atoms with van der Waals surface area (Å²) in [5.41, 5.74) is 5.94. The van der Waals surface area contributed by atoms with Crippen molar-refractivity contribution in [3.05, 3.63) is 35.4 Å². The van der Waals surface area contributed by atoms with Gasteiger partial charge in [-0.3, -0.25) is 25.2 Å². The van der Waals surface area contributed by atoms with E-state index in [1.54, 1.807) is 12.1 Å². The number of amides is 3. The number of hydrazine groups is 1. The van der Waals surface area contributed by atoms with Crippen molar-refractivity contribution in [1.29, 1.82) is 0 Å². The van der Waals surface area contributed by atoms with E-state index in [4.69, 9.17) is 0 Å². The van der Waals surface area contributed by atoms with Gasteiger partial charge in [-0.1, -0.05) is 32.9 Å². The summed E-state index contributed by atoms with van der Waals surface area (Å²) in [6.45, 7) is 7.34. The zero-order chi connectivity index (χ0) is 16.0. The molecule has 0 aliphatic carbocycles. The van der Waals surface area contributed by atoms with E-state index >= 15 is 0 Å². The second-order valence-corrected chi connectivity index (χ2v) is 5.74. The highest BCUT2D eigenvalue weighted by Gasteiger charge is 2.14. The van der Waals surface area contributed by atoms with Crippen LogP contribution in [0.5, 0.6) is 0 Å². The predicted molar refractivity (Wildman–Crippen MR) is 79.4 cm³/mol. The molecule has 21 heavy (non-hydrogen) atoms. The average Bonchev–Trinajstić information content (AvgIpc) is 2.41. The van der Waals surface area contributed by atoms with Crippen molar-refractivity contribution in [3.63, 3.8) is 0 Å². The van der Waals surface area contributed by atoms with Crippen molar-refractivity contribution in [2.24, 2.45) is 0 Å². The summed E-state index contributed by atoms with van der Waals surface area (Å²) < 4.78 is 0. The van der Waals surface area contributed by atoms with Crippen LogP contribution in [-0.4, -0.2) is 24.3 Å². The Morgan fingerprint density at radius 2 is 1.57 bits per heavy atom. The third-order valence-corrected chi connectivity index (χ3v) is 2.80. The third-order valence-electron chi connectivity index (χ3n) is 2.80. The summed E-state index contributed by atoms with van der Waals surface area (Å²) in [7, 11) is 0.